The van der Waals surface area contributed by atoms with E-state index in [1.54, 1.807) is 11.8 Å². The van der Waals surface area contributed by atoms with Gasteiger partial charge in [0.1, 0.15) is 6.04 Å². The van der Waals surface area contributed by atoms with Gasteiger partial charge in [0.2, 0.25) is 0 Å². The van der Waals surface area contributed by atoms with Crippen molar-refractivity contribution in [3.63, 3.8) is 0 Å². The van der Waals surface area contributed by atoms with E-state index in [1.165, 1.54) is 0 Å². The molecular formula is C12H22N2O3S. The molecule has 0 aromatic rings. The van der Waals surface area contributed by atoms with Crippen molar-refractivity contribution in [1.29, 1.82) is 0 Å². The maximum absolute atomic E-state index is 11.6. The van der Waals surface area contributed by atoms with Gasteiger partial charge in [0.15, 0.2) is 0 Å². The van der Waals surface area contributed by atoms with Crippen LogP contribution in [0.25, 0.3) is 0 Å². The van der Waals surface area contributed by atoms with Crippen LogP contribution in [0.3, 0.4) is 0 Å². The van der Waals surface area contributed by atoms with Crippen molar-refractivity contribution in [2.45, 2.75) is 44.7 Å². The third-order valence-corrected chi connectivity index (χ3v) is 3.76. The Hall–Kier alpha value is -0.910. The largest absolute Gasteiger partial charge is 0.480 e. The molecule has 2 amide bonds. The van der Waals surface area contributed by atoms with Gasteiger partial charge in [-0.2, -0.15) is 11.8 Å². The zero-order valence-electron chi connectivity index (χ0n) is 10.9. The molecule has 0 heterocycles. The quantitative estimate of drug-likeness (QED) is 0.629. The molecule has 104 valence electrons. The Labute approximate surface area is 112 Å². The Morgan fingerprint density at radius 3 is 2.78 bits per heavy atom. The zero-order valence-corrected chi connectivity index (χ0v) is 11.8. The highest BCUT2D eigenvalue weighted by atomic mass is 32.2. The van der Waals surface area contributed by atoms with Crippen molar-refractivity contribution in [1.82, 2.24) is 10.6 Å². The van der Waals surface area contributed by atoms with E-state index >= 15 is 0 Å². The van der Waals surface area contributed by atoms with Crippen LogP contribution in [0.15, 0.2) is 0 Å². The minimum atomic E-state index is -0.972. The summed E-state index contributed by atoms with van der Waals surface area (Å²) in [6, 6.07) is -0.909. The van der Waals surface area contributed by atoms with Crippen LogP contribution in [0.4, 0.5) is 4.79 Å². The van der Waals surface area contributed by atoms with E-state index in [9.17, 15) is 9.59 Å². The molecule has 1 rings (SSSR count). The molecule has 1 aliphatic rings. The number of carboxylic acids is 1. The summed E-state index contributed by atoms with van der Waals surface area (Å²) in [5.41, 5.74) is 0. The van der Waals surface area contributed by atoms with Crippen LogP contribution in [-0.4, -0.2) is 41.2 Å². The monoisotopic (exact) mass is 274 g/mol. The van der Waals surface area contributed by atoms with Crippen molar-refractivity contribution < 1.29 is 14.7 Å². The molecular weight excluding hydrogens is 252 g/mol. The number of hydrogen-bond donors (Lipinski definition) is 3. The smallest absolute Gasteiger partial charge is 0.326 e. The Kier molecular flexibility index (Phi) is 6.32. The molecule has 0 aromatic heterocycles. The van der Waals surface area contributed by atoms with Gasteiger partial charge in [0, 0.05) is 6.04 Å². The van der Waals surface area contributed by atoms with Crippen LogP contribution >= 0.6 is 11.8 Å². The third kappa shape index (κ3) is 5.16. The number of carboxylic acid groups (broad SMARTS) is 1. The molecule has 18 heavy (non-hydrogen) atoms. The molecule has 0 bridgehead atoms. The van der Waals surface area contributed by atoms with Crippen LogP contribution in [0.2, 0.25) is 0 Å². The first-order valence-corrected chi connectivity index (χ1v) is 7.76. The second-order valence-electron chi connectivity index (χ2n) is 4.68. The van der Waals surface area contributed by atoms with E-state index in [0.29, 0.717) is 12.3 Å². The van der Waals surface area contributed by atoms with E-state index < -0.39 is 12.0 Å². The predicted molar refractivity (Wildman–Crippen MR) is 72.9 cm³/mol. The summed E-state index contributed by atoms with van der Waals surface area (Å²) in [5, 5.41) is 14.3. The van der Waals surface area contributed by atoms with E-state index in [-0.39, 0.29) is 12.1 Å². The van der Waals surface area contributed by atoms with Gasteiger partial charge in [-0.25, -0.2) is 9.59 Å². The fourth-order valence-electron chi connectivity index (χ4n) is 1.98. The fourth-order valence-corrected chi connectivity index (χ4v) is 2.45. The maximum Gasteiger partial charge on any atom is 0.326 e. The van der Waals surface area contributed by atoms with Gasteiger partial charge in [-0.05, 0) is 37.2 Å². The number of thioether (sulfide) groups is 1. The normalized spacial score (nSPS) is 23.2. The summed E-state index contributed by atoms with van der Waals surface area (Å²) < 4.78 is 0. The first-order valence-electron chi connectivity index (χ1n) is 6.37. The van der Waals surface area contributed by atoms with Gasteiger partial charge in [-0.15, -0.1) is 0 Å². The first kappa shape index (κ1) is 15.1. The van der Waals surface area contributed by atoms with Crippen LogP contribution in [0, 0.1) is 5.92 Å². The van der Waals surface area contributed by atoms with Gasteiger partial charge >= 0.3 is 12.0 Å². The zero-order chi connectivity index (χ0) is 13.5. The highest BCUT2D eigenvalue weighted by molar-refractivity contribution is 7.98. The summed E-state index contributed by atoms with van der Waals surface area (Å²) in [5.74, 6) is 0.328. The molecule has 0 saturated heterocycles. The Balaban J connectivity index is 2.27. The summed E-state index contributed by atoms with van der Waals surface area (Å²) >= 11 is 1.57. The highest BCUT2D eigenvalue weighted by Crippen LogP contribution is 2.34. The van der Waals surface area contributed by atoms with Crippen molar-refractivity contribution in [2.75, 3.05) is 12.0 Å². The fraction of sp³-hybridized carbons (Fsp3) is 0.833. The molecule has 0 aliphatic heterocycles. The average Bonchev–Trinajstić information content (AvgIpc) is 3.02. The third-order valence-electron chi connectivity index (χ3n) is 3.11. The lowest BCUT2D eigenvalue weighted by Gasteiger charge is -2.14. The van der Waals surface area contributed by atoms with Crippen molar-refractivity contribution in [2.24, 2.45) is 5.92 Å². The molecule has 0 aromatic carbocycles. The molecule has 3 atom stereocenters. The predicted octanol–water partition coefficient (Wildman–Crippen LogP) is 1.68. The van der Waals surface area contributed by atoms with Gasteiger partial charge in [0.05, 0.1) is 0 Å². The Morgan fingerprint density at radius 2 is 2.22 bits per heavy atom. The average molecular weight is 274 g/mol. The van der Waals surface area contributed by atoms with Gasteiger partial charge in [0.25, 0.3) is 0 Å². The summed E-state index contributed by atoms with van der Waals surface area (Å²) in [4.78, 5) is 22.6. The lowest BCUT2D eigenvalue weighted by Crippen LogP contribution is -2.47. The second kappa shape index (κ2) is 7.51. The molecule has 6 heteroatoms. The molecule has 1 aliphatic carbocycles. The van der Waals surface area contributed by atoms with E-state index in [0.717, 1.165) is 25.0 Å². The minimum absolute atomic E-state index is 0.236. The van der Waals surface area contributed by atoms with Gasteiger partial charge in [-0.1, -0.05) is 13.3 Å². The summed E-state index contributed by atoms with van der Waals surface area (Å²) in [6.45, 7) is 2.12. The number of amides is 2. The number of aliphatic carboxylic acids is 1. The van der Waals surface area contributed by atoms with E-state index in [2.05, 4.69) is 17.6 Å². The number of carbonyl (C=O) groups is 2. The van der Waals surface area contributed by atoms with Crippen LogP contribution < -0.4 is 10.6 Å². The van der Waals surface area contributed by atoms with E-state index in [4.69, 9.17) is 5.11 Å². The standard InChI is InChI=1S/C12H22N2O3S/c1-3-4-8-7-10(8)14-12(17)13-9(11(15)16)5-6-18-2/h8-10H,3-7H2,1-2H3,(H,15,16)(H2,13,14,17)/t8?,9-,10?/m0/s1. The molecule has 0 radical (unpaired) electrons. The molecule has 2 unspecified atom stereocenters. The van der Waals surface area contributed by atoms with Crippen molar-refractivity contribution in [3.05, 3.63) is 0 Å². The van der Waals surface area contributed by atoms with Gasteiger partial charge < -0.3 is 15.7 Å². The second-order valence-corrected chi connectivity index (χ2v) is 5.67. The van der Waals surface area contributed by atoms with Crippen LogP contribution in [-0.2, 0) is 4.79 Å². The van der Waals surface area contributed by atoms with Crippen molar-refractivity contribution in [3.8, 4) is 0 Å². The summed E-state index contributed by atoms with van der Waals surface area (Å²) in [7, 11) is 0. The Morgan fingerprint density at radius 1 is 1.50 bits per heavy atom. The van der Waals surface area contributed by atoms with Crippen LogP contribution in [0.5, 0.6) is 0 Å². The lowest BCUT2D eigenvalue weighted by molar-refractivity contribution is -0.139. The number of rotatable bonds is 8. The molecule has 1 saturated carbocycles. The van der Waals surface area contributed by atoms with Gasteiger partial charge in [-0.3, -0.25) is 0 Å². The molecule has 0 spiro atoms. The molecule has 3 N–H and O–H groups in total. The topological polar surface area (TPSA) is 78.4 Å². The maximum atomic E-state index is 11.6. The number of carbonyl (C=O) groups excluding carboxylic acids is 1. The SMILES string of the molecule is CCCC1CC1NC(=O)N[C@@H](CCSC)C(=O)O. The van der Waals surface area contributed by atoms with E-state index in [1.807, 2.05) is 6.26 Å². The minimum Gasteiger partial charge on any atom is -0.480 e. The number of nitrogens with one attached hydrogen (secondary N) is 2. The number of hydrogen-bond acceptors (Lipinski definition) is 3. The summed E-state index contributed by atoms with van der Waals surface area (Å²) in [6.07, 6.45) is 5.63. The number of urea groups is 1. The molecule has 5 nitrogen and oxygen atoms in total. The Bertz CT molecular complexity index is 299. The molecule has 1 fully saturated rings. The highest BCUT2D eigenvalue weighted by Gasteiger charge is 2.37. The van der Waals surface area contributed by atoms with Crippen molar-refractivity contribution >= 4 is 23.8 Å². The van der Waals surface area contributed by atoms with Crippen LogP contribution in [0.1, 0.15) is 32.6 Å². The first-order chi connectivity index (χ1) is 8.58. The lowest BCUT2D eigenvalue weighted by atomic mass is 10.2.